The highest BCUT2D eigenvalue weighted by Crippen LogP contribution is 2.27. The maximum absolute atomic E-state index is 13.7. The van der Waals surface area contributed by atoms with Crippen LogP contribution in [0.5, 0.6) is 0 Å². The molecule has 0 aliphatic heterocycles. The van der Waals surface area contributed by atoms with Gasteiger partial charge in [-0.05, 0) is 26.3 Å². The lowest BCUT2D eigenvalue weighted by Gasteiger charge is -2.24. The minimum Gasteiger partial charge on any atom is -0.323 e. The van der Waals surface area contributed by atoms with Gasteiger partial charge in [-0.2, -0.15) is 0 Å². The molecule has 0 aliphatic carbocycles. The average molecular weight is 181 g/mol. The lowest BCUT2D eigenvalue weighted by atomic mass is 9.93. The Morgan fingerprint density at radius 1 is 1.38 bits per heavy atom. The van der Waals surface area contributed by atoms with Gasteiger partial charge in [-0.25, -0.2) is 4.39 Å². The Kier molecular flexibility index (Phi) is 2.71. The van der Waals surface area contributed by atoms with E-state index < -0.39 is 11.7 Å². The van der Waals surface area contributed by atoms with E-state index in [-0.39, 0.29) is 0 Å². The van der Waals surface area contributed by atoms with Crippen LogP contribution in [0.3, 0.4) is 0 Å². The first-order chi connectivity index (χ1) is 5.91. The molecule has 0 radical (unpaired) electrons. The van der Waals surface area contributed by atoms with Gasteiger partial charge in [-0.3, -0.25) is 0 Å². The number of nitrogens with two attached hydrogens (primary N) is 1. The van der Waals surface area contributed by atoms with Gasteiger partial charge in [0, 0.05) is 5.54 Å². The van der Waals surface area contributed by atoms with Crippen molar-refractivity contribution in [1.82, 2.24) is 0 Å². The number of halogens is 1. The van der Waals surface area contributed by atoms with Crippen molar-refractivity contribution < 1.29 is 4.39 Å². The summed E-state index contributed by atoms with van der Waals surface area (Å²) in [6.07, 6.45) is -1.10. The van der Waals surface area contributed by atoms with Crippen LogP contribution in [0.2, 0.25) is 0 Å². The molecule has 0 heterocycles. The van der Waals surface area contributed by atoms with Crippen LogP contribution in [0.15, 0.2) is 24.3 Å². The van der Waals surface area contributed by atoms with Crippen LogP contribution >= 0.6 is 0 Å². The highest BCUT2D eigenvalue weighted by atomic mass is 19.1. The molecular weight excluding hydrogens is 165 g/mol. The molecule has 0 aromatic heterocycles. The van der Waals surface area contributed by atoms with Crippen LogP contribution in [0.1, 0.15) is 31.1 Å². The van der Waals surface area contributed by atoms with Crippen LogP contribution in [0.4, 0.5) is 4.39 Å². The van der Waals surface area contributed by atoms with Gasteiger partial charge in [0.2, 0.25) is 0 Å². The Hall–Kier alpha value is -0.890. The van der Waals surface area contributed by atoms with Crippen molar-refractivity contribution >= 4 is 0 Å². The van der Waals surface area contributed by atoms with Crippen LogP contribution in [-0.2, 0) is 0 Å². The van der Waals surface area contributed by atoms with E-state index in [9.17, 15) is 4.39 Å². The summed E-state index contributed by atoms with van der Waals surface area (Å²) in [5, 5.41) is 0. The topological polar surface area (TPSA) is 26.0 Å². The van der Waals surface area contributed by atoms with E-state index in [1.54, 1.807) is 19.9 Å². The zero-order chi connectivity index (χ0) is 10.1. The molecule has 0 amide bonds. The summed E-state index contributed by atoms with van der Waals surface area (Å²) in [5.41, 5.74) is 6.59. The van der Waals surface area contributed by atoms with E-state index in [0.717, 1.165) is 5.56 Å². The van der Waals surface area contributed by atoms with Gasteiger partial charge < -0.3 is 5.73 Å². The lowest BCUT2D eigenvalue weighted by molar-refractivity contribution is 0.223. The molecule has 1 atom stereocenters. The zero-order valence-corrected chi connectivity index (χ0v) is 8.34. The smallest absolute Gasteiger partial charge is 0.142 e. The summed E-state index contributed by atoms with van der Waals surface area (Å²) in [5.74, 6) is 0. The summed E-state index contributed by atoms with van der Waals surface area (Å²) >= 11 is 0. The number of alkyl halides is 1. The first kappa shape index (κ1) is 10.2. The molecule has 72 valence electrons. The third-order valence-corrected chi connectivity index (χ3v) is 1.99. The molecule has 0 aliphatic rings. The predicted molar refractivity (Wildman–Crippen MR) is 53.3 cm³/mol. The second-order valence-corrected chi connectivity index (χ2v) is 4.10. The summed E-state index contributed by atoms with van der Waals surface area (Å²) < 4.78 is 13.7. The number of hydrogen-bond acceptors (Lipinski definition) is 1. The molecule has 0 saturated carbocycles. The molecule has 1 nitrogen and oxygen atoms in total. The van der Waals surface area contributed by atoms with E-state index in [0.29, 0.717) is 5.56 Å². The SMILES string of the molecule is Cc1cccc(C(F)C(C)(C)N)c1. The summed E-state index contributed by atoms with van der Waals surface area (Å²) in [6.45, 7) is 5.33. The van der Waals surface area contributed by atoms with Gasteiger partial charge in [-0.15, -0.1) is 0 Å². The first-order valence-corrected chi connectivity index (χ1v) is 4.41. The van der Waals surface area contributed by atoms with Crippen LogP contribution in [-0.4, -0.2) is 5.54 Å². The maximum Gasteiger partial charge on any atom is 0.142 e. The second-order valence-electron chi connectivity index (χ2n) is 4.10. The third kappa shape index (κ3) is 2.52. The Labute approximate surface area is 78.8 Å². The minimum atomic E-state index is -1.10. The van der Waals surface area contributed by atoms with Gasteiger partial charge in [0.25, 0.3) is 0 Å². The van der Waals surface area contributed by atoms with Crippen molar-refractivity contribution in [3.8, 4) is 0 Å². The third-order valence-electron chi connectivity index (χ3n) is 1.99. The molecule has 1 rings (SSSR count). The standard InChI is InChI=1S/C11H16FN/c1-8-5-4-6-9(7-8)10(12)11(2,3)13/h4-7,10H,13H2,1-3H3. The fourth-order valence-corrected chi connectivity index (χ4v) is 1.26. The number of benzene rings is 1. The molecule has 1 unspecified atom stereocenters. The van der Waals surface area contributed by atoms with Gasteiger partial charge in [0.05, 0.1) is 0 Å². The van der Waals surface area contributed by atoms with Gasteiger partial charge in [0.1, 0.15) is 6.17 Å². The molecule has 0 bridgehead atoms. The molecule has 1 aromatic rings. The molecule has 13 heavy (non-hydrogen) atoms. The van der Waals surface area contributed by atoms with Crippen molar-refractivity contribution in [3.05, 3.63) is 35.4 Å². The fraction of sp³-hybridized carbons (Fsp3) is 0.455. The predicted octanol–water partition coefficient (Wildman–Crippen LogP) is 2.74. The fourth-order valence-electron chi connectivity index (χ4n) is 1.26. The van der Waals surface area contributed by atoms with E-state index >= 15 is 0 Å². The monoisotopic (exact) mass is 181 g/mol. The average Bonchev–Trinajstić information content (AvgIpc) is 2.01. The summed E-state index contributed by atoms with van der Waals surface area (Å²) in [6, 6.07) is 7.40. The van der Waals surface area contributed by atoms with Crippen molar-refractivity contribution in [2.45, 2.75) is 32.5 Å². The molecule has 0 spiro atoms. The maximum atomic E-state index is 13.7. The van der Waals surface area contributed by atoms with Crippen LogP contribution in [0, 0.1) is 6.92 Å². The van der Waals surface area contributed by atoms with E-state index in [1.807, 2.05) is 25.1 Å². The van der Waals surface area contributed by atoms with Gasteiger partial charge in [0.15, 0.2) is 0 Å². The van der Waals surface area contributed by atoms with Crippen molar-refractivity contribution in [1.29, 1.82) is 0 Å². The molecule has 1 aromatic carbocycles. The van der Waals surface area contributed by atoms with E-state index in [4.69, 9.17) is 5.73 Å². The molecule has 2 heteroatoms. The Bertz CT molecular complexity index is 288. The molecule has 0 fully saturated rings. The van der Waals surface area contributed by atoms with Gasteiger partial charge >= 0.3 is 0 Å². The second kappa shape index (κ2) is 3.46. The van der Waals surface area contributed by atoms with E-state index in [1.165, 1.54) is 0 Å². The minimum absolute atomic E-state index is 0.660. The van der Waals surface area contributed by atoms with Crippen LogP contribution in [0.25, 0.3) is 0 Å². The summed E-state index contributed by atoms with van der Waals surface area (Å²) in [7, 11) is 0. The van der Waals surface area contributed by atoms with Crippen LogP contribution < -0.4 is 5.73 Å². The Morgan fingerprint density at radius 3 is 2.46 bits per heavy atom. The highest BCUT2D eigenvalue weighted by Gasteiger charge is 2.26. The first-order valence-electron chi connectivity index (χ1n) is 4.41. The molecular formula is C11H16FN. The Morgan fingerprint density at radius 2 is 2.00 bits per heavy atom. The van der Waals surface area contributed by atoms with E-state index in [2.05, 4.69) is 0 Å². The van der Waals surface area contributed by atoms with Crippen molar-refractivity contribution in [2.75, 3.05) is 0 Å². The number of hydrogen-bond donors (Lipinski definition) is 1. The summed E-state index contributed by atoms with van der Waals surface area (Å²) in [4.78, 5) is 0. The quantitative estimate of drug-likeness (QED) is 0.746. The Balaban J connectivity index is 2.96. The normalized spacial score (nSPS) is 14.2. The highest BCUT2D eigenvalue weighted by molar-refractivity contribution is 5.25. The number of rotatable bonds is 2. The largest absolute Gasteiger partial charge is 0.323 e. The van der Waals surface area contributed by atoms with Gasteiger partial charge in [-0.1, -0.05) is 29.8 Å². The molecule has 0 saturated heterocycles. The zero-order valence-electron chi connectivity index (χ0n) is 8.34. The lowest BCUT2D eigenvalue weighted by Crippen LogP contribution is -2.37. The van der Waals surface area contributed by atoms with Crippen molar-refractivity contribution in [2.24, 2.45) is 5.73 Å². The van der Waals surface area contributed by atoms with Crippen molar-refractivity contribution in [3.63, 3.8) is 0 Å². The number of aryl methyl sites for hydroxylation is 1. The molecule has 2 N–H and O–H groups in total.